The van der Waals surface area contributed by atoms with E-state index < -0.39 is 48.9 Å². The van der Waals surface area contributed by atoms with Crippen LogP contribution in [0.4, 0.5) is 13.2 Å². The molecule has 7 heteroatoms. The second-order valence-corrected chi connectivity index (χ2v) is 4.47. The quantitative estimate of drug-likeness (QED) is 0.811. The Labute approximate surface area is 96.4 Å². The van der Waals surface area contributed by atoms with Crippen molar-refractivity contribution < 1.29 is 27.9 Å². The topological polar surface area (TPSA) is 57.6 Å². The number of hydrogen-bond acceptors (Lipinski definition) is 2. The molecule has 0 aromatic rings. The molecule has 0 saturated carbocycles. The Morgan fingerprint density at radius 2 is 1.88 bits per heavy atom. The lowest BCUT2D eigenvalue weighted by molar-refractivity contribution is -0.171. The number of aliphatic carboxylic acids is 1. The highest BCUT2D eigenvalue weighted by atomic mass is 19.4. The van der Waals surface area contributed by atoms with Crippen molar-refractivity contribution in [2.75, 3.05) is 6.54 Å². The lowest BCUT2D eigenvalue weighted by atomic mass is 10.1. The Morgan fingerprint density at radius 3 is 2.24 bits per heavy atom. The maximum absolute atomic E-state index is 12.5. The maximum Gasteiger partial charge on any atom is 0.393 e. The number of carboxylic acids is 1. The fourth-order valence-electron chi connectivity index (χ4n) is 1.88. The predicted octanol–water partition coefficient (Wildman–Crippen LogP) is 1.51. The van der Waals surface area contributed by atoms with Gasteiger partial charge in [-0.05, 0) is 6.42 Å². The minimum Gasteiger partial charge on any atom is -0.480 e. The summed E-state index contributed by atoms with van der Waals surface area (Å²) in [5.41, 5.74) is 0. The number of amides is 1. The Kier molecular flexibility index (Phi) is 3.68. The van der Waals surface area contributed by atoms with Gasteiger partial charge in [-0.15, -0.1) is 0 Å². The average Bonchev–Trinajstić information content (AvgIpc) is 2.59. The number of alkyl halides is 3. The zero-order valence-electron chi connectivity index (χ0n) is 9.49. The van der Waals surface area contributed by atoms with Crippen molar-refractivity contribution >= 4 is 11.9 Å². The first-order valence-corrected chi connectivity index (χ1v) is 5.24. The van der Waals surface area contributed by atoms with E-state index in [1.54, 1.807) is 0 Å². The third-order valence-corrected chi connectivity index (χ3v) is 2.83. The number of carboxylic acid groups (broad SMARTS) is 1. The monoisotopic (exact) mass is 253 g/mol. The van der Waals surface area contributed by atoms with E-state index in [0.717, 1.165) is 4.90 Å². The highest BCUT2D eigenvalue weighted by Gasteiger charge is 2.51. The molecular formula is C10H14F3NO3. The van der Waals surface area contributed by atoms with Crippen molar-refractivity contribution in [1.82, 2.24) is 4.90 Å². The van der Waals surface area contributed by atoms with Crippen molar-refractivity contribution in [3.63, 3.8) is 0 Å². The van der Waals surface area contributed by atoms with Crippen molar-refractivity contribution in [2.24, 2.45) is 11.8 Å². The van der Waals surface area contributed by atoms with Gasteiger partial charge >= 0.3 is 12.1 Å². The molecule has 17 heavy (non-hydrogen) atoms. The van der Waals surface area contributed by atoms with Gasteiger partial charge < -0.3 is 10.0 Å². The first-order valence-electron chi connectivity index (χ1n) is 5.24. The predicted molar refractivity (Wildman–Crippen MR) is 52.1 cm³/mol. The van der Waals surface area contributed by atoms with E-state index >= 15 is 0 Å². The van der Waals surface area contributed by atoms with Gasteiger partial charge in [0.05, 0.1) is 5.92 Å². The van der Waals surface area contributed by atoms with E-state index in [9.17, 15) is 22.8 Å². The molecule has 1 aliphatic rings. The summed E-state index contributed by atoms with van der Waals surface area (Å²) < 4.78 is 37.5. The van der Waals surface area contributed by atoms with Crippen LogP contribution >= 0.6 is 0 Å². The smallest absolute Gasteiger partial charge is 0.393 e. The van der Waals surface area contributed by atoms with Crippen LogP contribution in [0.5, 0.6) is 0 Å². The van der Waals surface area contributed by atoms with Crippen LogP contribution in [-0.4, -0.2) is 40.6 Å². The first-order chi connectivity index (χ1) is 7.64. The Hall–Kier alpha value is -1.27. The molecule has 0 unspecified atom stereocenters. The summed E-state index contributed by atoms with van der Waals surface area (Å²) >= 11 is 0. The van der Waals surface area contributed by atoms with Gasteiger partial charge in [-0.2, -0.15) is 13.2 Å². The van der Waals surface area contributed by atoms with Gasteiger partial charge in [0.2, 0.25) is 5.91 Å². The maximum atomic E-state index is 12.5. The van der Waals surface area contributed by atoms with Crippen LogP contribution in [0, 0.1) is 11.8 Å². The summed E-state index contributed by atoms with van der Waals surface area (Å²) in [5.74, 6) is -4.19. The normalized spacial score (nSPS) is 25.4. The molecule has 0 aromatic heterocycles. The molecule has 0 bridgehead atoms. The van der Waals surface area contributed by atoms with E-state index in [-0.39, 0.29) is 0 Å². The molecule has 1 rings (SSSR count). The molecule has 1 heterocycles. The van der Waals surface area contributed by atoms with Gasteiger partial charge in [-0.25, -0.2) is 4.79 Å². The molecule has 1 N–H and O–H groups in total. The van der Waals surface area contributed by atoms with E-state index in [1.165, 1.54) is 13.8 Å². The van der Waals surface area contributed by atoms with Crippen LogP contribution in [0.25, 0.3) is 0 Å². The van der Waals surface area contributed by atoms with E-state index in [2.05, 4.69) is 0 Å². The summed E-state index contributed by atoms with van der Waals surface area (Å²) in [6, 6.07) is -1.36. The van der Waals surface area contributed by atoms with Crippen molar-refractivity contribution in [1.29, 1.82) is 0 Å². The third-order valence-electron chi connectivity index (χ3n) is 2.83. The van der Waals surface area contributed by atoms with Crippen LogP contribution in [0.15, 0.2) is 0 Å². The van der Waals surface area contributed by atoms with E-state index in [4.69, 9.17) is 5.11 Å². The van der Waals surface area contributed by atoms with Crippen molar-refractivity contribution in [3.05, 3.63) is 0 Å². The fourth-order valence-corrected chi connectivity index (χ4v) is 1.88. The lowest BCUT2D eigenvalue weighted by Gasteiger charge is -2.23. The summed E-state index contributed by atoms with van der Waals surface area (Å²) in [7, 11) is 0. The largest absolute Gasteiger partial charge is 0.480 e. The van der Waals surface area contributed by atoms with Gasteiger partial charge in [0.1, 0.15) is 6.04 Å². The molecule has 1 saturated heterocycles. The zero-order chi connectivity index (χ0) is 13.4. The van der Waals surface area contributed by atoms with Gasteiger partial charge in [0.25, 0.3) is 0 Å². The minimum atomic E-state index is -4.46. The number of likely N-dealkylation sites (tertiary alicyclic amines) is 1. The van der Waals surface area contributed by atoms with Crippen molar-refractivity contribution in [2.45, 2.75) is 32.5 Å². The highest BCUT2D eigenvalue weighted by Crippen LogP contribution is 2.37. The number of carbonyl (C=O) groups excluding carboxylic acids is 1. The number of nitrogens with zero attached hydrogens (tertiary/aromatic N) is 1. The van der Waals surface area contributed by atoms with Gasteiger partial charge in [-0.3, -0.25) is 4.79 Å². The second kappa shape index (κ2) is 4.54. The molecular weight excluding hydrogens is 239 g/mol. The Morgan fingerprint density at radius 1 is 1.35 bits per heavy atom. The molecule has 98 valence electrons. The fraction of sp³-hybridized carbons (Fsp3) is 0.800. The molecule has 0 aliphatic carbocycles. The minimum absolute atomic E-state index is 0.510. The standard InChI is InChI=1S/C10H14F3NO3/c1-5(2)8(15)14-4-6(10(11,12)13)3-7(14)9(16)17/h5-7H,3-4H2,1-2H3,(H,16,17)/t6-,7-/m0/s1. The second-order valence-electron chi connectivity index (χ2n) is 4.47. The van der Waals surface area contributed by atoms with Crippen LogP contribution < -0.4 is 0 Å². The van der Waals surface area contributed by atoms with Crippen LogP contribution in [0.1, 0.15) is 20.3 Å². The van der Waals surface area contributed by atoms with Crippen molar-refractivity contribution in [3.8, 4) is 0 Å². The summed E-state index contributed by atoms with van der Waals surface area (Å²) in [6.07, 6.45) is -5.02. The Bertz CT molecular complexity index is 327. The molecule has 2 atom stereocenters. The van der Waals surface area contributed by atoms with Gasteiger partial charge in [0.15, 0.2) is 0 Å². The highest BCUT2D eigenvalue weighted by molar-refractivity contribution is 5.85. The number of halogens is 3. The Balaban J connectivity index is 2.89. The number of hydrogen-bond donors (Lipinski definition) is 1. The molecule has 1 aliphatic heterocycles. The van der Waals surface area contributed by atoms with Gasteiger partial charge in [0, 0.05) is 12.5 Å². The average molecular weight is 253 g/mol. The molecule has 0 aromatic carbocycles. The molecule has 1 fully saturated rings. The SMILES string of the molecule is CC(C)C(=O)N1C[C@@H](C(F)(F)F)C[C@H]1C(=O)O. The molecule has 4 nitrogen and oxygen atoms in total. The van der Waals surface area contributed by atoms with Crippen LogP contribution in [0.3, 0.4) is 0 Å². The van der Waals surface area contributed by atoms with Crippen LogP contribution in [0.2, 0.25) is 0 Å². The molecule has 0 spiro atoms. The van der Waals surface area contributed by atoms with Gasteiger partial charge in [-0.1, -0.05) is 13.8 Å². The van der Waals surface area contributed by atoms with Crippen LogP contribution in [-0.2, 0) is 9.59 Å². The number of rotatable bonds is 2. The summed E-state index contributed by atoms with van der Waals surface area (Å²) in [6.45, 7) is 2.50. The molecule has 1 amide bonds. The summed E-state index contributed by atoms with van der Waals surface area (Å²) in [4.78, 5) is 23.3. The number of carbonyl (C=O) groups is 2. The van der Waals surface area contributed by atoms with E-state index in [0.29, 0.717) is 0 Å². The van der Waals surface area contributed by atoms with E-state index in [1.807, 2.05) is 0 Å². The summed E-state index contributed by atoms with van der Waals surface area (Å²) in [5, 5.41) is 8.84. The third kappa shape index (κ3) is 2.89. The molecule has 0 radical (unpaired) electrons. The lowest BCUT2D eigenvalue weighted by Crippen LogP contribution is -2.42. The zero-order valence-corrected chi connectivity index (χ0v) is 9.49. The first kappa shape index (κ1) is 13.8.